The van der Waals surface area contributed by atoms with Crippen LogP contribution in [0.3, 0.4) is 0 Å². The molecule has 0 aliphatic carbocycles. The minimum atomic E-state index is -0.337. The predicted octanol–water partition coefficient (Wildman–Crippen LogP) is -0.0896. The van der Waals surface area contributed by atoms with Crippen LogP contribution in [0, 0.1) is 5.82 Å². The number of ether oxygens (including phenoxy) is 1. The van der Waals surface area contributed by atoms with Gasteiger partial charge in [0.05, 0.1) is 0 Å². The maximum absolute atomic E-state index is 13.2. The van der Waals surface area contributed by atoms with E-state index in [1.165, 1.54) is 28.7 Å². The van der Waals surface area contributed by atoms with Gasteiger partial charge in [-0.1, -0.05) is 0 Å². The van der Waals surface area contributed by atoms with Gasteiger partial charge < -0.3 is 0 Å². The van der Waals surface area contributed by atoms with Gasteiger partial charge in [0.1, 0.15) is 0 Å². The van der Waals surface area contributed by atoms with E-state index in [1.807, 2.05) is 0 Å². The van der Waals surface area contributed by atoms with Crippen molar-refractivity contribution in [3.05, 3.63) is 52.8 Å². The normalized spacial score (nSPS) is 19.4. The van der Waals surface area contributed by atoms with Gasteiger partial charge >= 0.3 is 146 Å². The van der Waals surface area contributed by atoms with Crippen molar-refractivity contribution in [2.45, 2.75) is 16.3 Å². The van der Waals surface area contributed by atoms with E-state index in [1.54, 1.807) is 24.5 Å². The molecule has 5 nitrogen and oxygen atoms in total. The zero-order chi connectivity index (χ0) is 17.3. The molecule has 2 aromatic rings. The molecule has 0 amide bonds. The quantitative estimate of drug-likeness (QED) is 0.400. The Bertz CT molecular complexity index is 775. The van der Waals surface area contributed by atoms with Crippen LogP contribution in [-0.2, 0) is 0 Å². The zero-order valence-electron chi connectivity index (χ0n) is 13.7. The summed E-state index contributed by atoms with van der Waals surface area (Å²) in [7, 11) is 0. The van der Waals surface area contributed by atoms with E-state index >= 15 is 0 Å². The number of benzene rings is 1. The molecular weight excluding hydrogens is 434 g/mol. The number of nitrogens with zero attached hydrogens (tertiary/aromatic N) is 3. The Morgan fingerprint density at radius 2 is 2.08 bits per heavy atom. The number of hydrogen-bond acceptors (Lipinski definition) is 5. The number of nitrogens with one attached hydrogen (secondary N) is 1. The van der Waals surface area contributed by atoms with Crippen molar-refractivity contribution in [2.24, 2.45) is 0 Å². The Labute approximate surface area is 156 Å². The summed E-state index contributed by atoms with van der Waals surface area (Å²) < 4.78 is 20.5. The molecule has 1 N–H and O–H groups in total. The second kappa shape index (κ2) is 6.78. The molecule has 2 aliphatic heterocycles. The molecule has 0 unspecified atom stereocenters. The fraction of sp³-hybridized carbons (Fsp3) is 0.333. The van der Waals surface area contributed by atoms with E-state index < -0.39 is 0 Å². The first kappa shape index (κ1) is 16.6. The molecule has 0 saturated carbocycles. The standard InChI is InChI=1S/C18H19FIN4O/c1-13-20-18(12-23-13)5-7-24(8-6-18)16-10-22-17(11-21-16)25-15-4-2-3-14(19)9-15/h2-4,9-11,23H,1,5-8,12H2/q-1. The molecule has 4 rings (SSSR count). The summed E-state index contributed by atoms with van der Waals surface area (Å²) >= 11 is 0.0261. The molecule has 2 fully saturated rings. The Balaban J connectivity index is 1.38. The van der Waals surface area contributed by atoms with Gasteiger partial charge in [-0.05, 0) is 6.07 Å². The third-order valence-corrected chi connectivity index (χ3v) is 8.16. The number of halogens is 2. The fourth-order valence-corrected chi connectivity index (χ4v) is 6.31. The number of anilines is 1. The average molecular weight is 453 g/mol. The Kier molecular flexibility index (Phi) is 4.49. The van der Waals surface area contributed by atoms with Crippen LogP contribution in [0.4, 0.5) is 10.2 Å². The molecular formula is C18H19FIN4O-. The first-order chi connectivity index (χ1) is 12.1. The number of alkyl halides is 1. The molecule has 2 aliphatic rings. The van der Waals surface area contributed by atoms with Gasteiger partial charge in [0.15, 0.2) is 0 Å². The number of piperidine rings is 1. The van der Waals surface area contributed by atoms with Gasteiger partial charge in [0.25, 0.3) is 0 Å². The third kappa shape index (κ3) is 3.70. The van der Waals surface area contributed by atoms with Crippen molar-refractivity contribution >= 4 is 5.82 Å². The van der Waals surface area contributed by atoms with Crippen molar-refractivity contribution in [2.75, 3.05) is 24.5 Å². The molecule has 1 spiro atoms. The zero-order valence-corrected chi connectivity index (χ0v) is 15.9. The van der Waals surface area contributed by atoms with Crippen molar-refractivity contribution < 1.29 is 30.3 Å². The molecule has 1 aromatic heterocycles. The molecule has 3 heterocycles. The van der Waals surface area contributed by atoms with Gasteiger partial charge in [-0.15, -0.1) is 0 Å². The van der Waals surface area contributed by atoms with E-state index in [0.29, 0.717) is 15.1 Å². The van der Waals surface area contributed by atoms with Crippen LogP contribution in [0.2, 0.25) is 0 Å². The van der Waals surface area contributed by atoms with E-state index in [4.69, 9.17) is 4.74 Å². The van der Waals surface area contributed by atoms with Crippen LogP contribution < -0.4 is 36.2 Å². The van der Waals surface area contributed by atoms with E-state index in [2.05, 4.69) is 26.8 Å². The second-order valence-corrected chi connectivity index (χ2v) is 10.4. The van der Waals surface area contributed by atoms with Crippen LogP contribution in [-0.4, -0.2) is 33.0 Å². The van der Waals surface area contributed by atoms with Gasteiger partial charge in [0.2, 0.25) is 0 Å². The molecule has 25 heavy (non-hydrogen) atoms. The number of rotatable bonds is 3. The summed E-state index contributed by atoms with van der Waals surface area (Å²) in [6.45, 7) is 7.16. The van der Waals surface area contributed by atoms with Crippen LogP contribution in [0.25, 0.3) is 0 Å². The number of hydrogen-bond donors (Lipinski definition) is 1. The molecule has 2 saturated heterocycles. The number of aromatic nitrogens is 2. The fourth-order valence-electron chi connectivity index (χ4n) is 3.15. The van der Waals surface area contributed by atoms with Crippen molar-refractivity contribution in [1.29, 1.82) is 0 Å². The van der Waals surface area contributed by atoms with Crippen LogP contribution in [0.15, 0.2) is 46.9 Å². The molecule has 0 bridgehead atoms. The summed E-state index contributed by atoms with van der Waals surface area (Å²) in [6.07, 6.45) is 5.68. The first-order valence-electron chi connectivity index (χ1n) is 8.21. The monoisotopic (exact) mass is 453 g/mol. The second-order valence-electron chi connectivity index (χ2n) is 6.26. The molecule has 0 atom stereocenters. The summed E-state index contributed by atoms with van der Waals surface area (Å²) in [5, 5.41) is 3.43. The summed E-state index contributed by atoms with van der Waals surface area (Å²) in [5.41, 5.74) is 0. The van der Waals surface area contributed by atoms with Crippen LogP contribution >= 0.6 is 0 Å². The van der Waals surface area contributed by atoms with E-state index in [0.717, 1.165) is 25.5 Å². The van der Waals surface area contributed by atoms with Crippen molar-refractivity contribution in [3.8, 4) is 11.6 Å². The summed E-state index contributed by atoms with van der Waals surface area (Å²) in [4.78, 5) is 11.1. The molecule has 7 heteroatoms. The summed E-state index contributed by atoms with van der Waals surface area (Å²) in [5.74, 6) is 1.31. The third-order valence-electron chi connectivity index (χ3n) is 4.53. The Hall–Kier alpha value is -1.90. The van der Waals surface area contributed by atoms with Crippen LogP contribution in [0.1, 0.15) is 12.8 Å². The van der Waals surface area contributed by atoms with E-state index in [-0.39, 0.29) is 27.0 Å². The topological polar surface area (TPSA) is 50.3 Å². The molecule has 132 valence electrons. The van der Waals surface area contributed by atoms with Crippen molar-refractivity contribution in [1.82, 2.24) is 15.3 Å². The van der Waals surface area contributed by atoms with Gasteiger partial charge in [-0.3, -0.25) is 0 Å². The summed E-state index contributed by atoms with van der Waals surface area (Å²) in [6, 6.07) is 6.00. The Morgan fingerprint density at radius 3 is 2.72 bits per heavy atom. The Morgan fingerprint density at radius 1 is 1.24 bits per heavy atom. The maximum atomic E-state index is 13.2. The van der Waals surface area contributed by atoms with Gasteiger partial charge in [0, 0.05) is 0 Å². The van der Waals surface area contributed by atoms with Gasteiger partial charge in [-0.25, -0.2) is 4.39 Å². The van der Waals surface area contributed by atoms with E-state index in [9.17, 15) is 4.39 Å². The molecule has 1 aromatic carbocycles. The van der Waals surface area contributed by atoms with Gasteiger partial charge in [-0.2, -0.15) is 0 Å². The SMILES string of the molecule is C=C1NCC2(CCN(c3cnc(Oc4cccc(F)c4)cn3)CC2)[I-]1. The van der Waals surface area contributed by atoms with Crippen LogP contribution in [0.5, 0.6) is 11.6 Å². The first-order valence-corrected chi connectivity index (χ1v) is 10.4. The van der Waals surface area contributed by atoms with Crippen molar-refractivity contribution in [3.63, 3.8) is 0 Å². The average Bonchev–Trinajstić information content (AvgIpc) is 2.97. The minimum absolute atomic E-state index is 0.0261. The predicted molar refractivity (Wildman–Crippen MR) is 89.8 cm³/mol. The molecule has 0 radical (unpaired) electrons.